The van der Waals surface area contributed by atoms with E-state index in [1.54, 1.807) is 0 Å². The fourth-order valence-electron chi connectivity index (χ4n) is 1.83. The zero-order valence-electron chi connectivity index (χ0n) is 8.49. The van der Waals surface area contributed by atoms with Crippen LogP contribution in [-0.2, 0) is 10.0 Å². The molecule has 1 aliphatic carbocycles. The highest BCUT2D eigenvalue weighted by Gasteiger charge is 2.38. The van der Waals surface area contributed by atoms with Crippen LogP contribution in [-0.4, -0.2) is 32.8 Å². The lowest BCUT2D eigenvalue weighted by Gasteiger charge is -2.29. The maximum Gasteiger partial charge on any atom is 0.214 e. The van der Waals surface area contributed by atoms with Gasteiger partial charge in [-0.05, 0) is 31.7 Å². The molecule has 2 atom stereocenters. The number of sulfonamides is 1. The second-order valence-electron chi connectivity index (χ2n) is 4.44. The summed E-state index contributed by atoms with van der Waals surface area (Å²) in [5, 5.41) is 3.12. The lowest BCUT2D eigenvalue weighted by atomic mass is 9.96. The van der Waals surface area contributed by atoms with Gasteiger partial charge in [-0.15, -0.1) is 0 Å². The van der Waals surface area contributed by atoms with Crippen molar-refractivity contribution in [3.05, 3.63) is 0 Å². The average molecular weight is 218 g/mol. The fraction of sp³-hybridized carbons (Fsp3) is 1.00. The van der Waals surface area contributed by atoms with Crippen molar-refractivity contribution in [3.63, 3.8) is 0 Å². The summed E-state index contributed by atoms with van der Waals surface area (Å²) in [6.07, 6.45) is 2.73. The molecule has 0 radical (unpaired) electrons. The predicted octanol–water partition coefficient (Wildman–Crippen LogP) is 0.0662. The molecule has 1 aliphatic heterocycles. The minimum absolute atomic E-state index is 0.0920. The van der Waals surface area contributed by atoms with Gasteiger partial charge in [-0.3, -0.25) is 0 Å². The number of piperidine rings is 1. The molecule has 0 aromatic carbocycles. The summed E-state index contributed by atoms with van der Waals surface area (Å²) >= 11 is 0. The van der Waals surface area contributed by atoms with Gasteiger partial charge in [0.25, 0.3) is 0 Å². The molecule has 4 nitrogen and oxygen atoms in total. The van der Waals surface area contributed by atoms with Crippen molar-refractivity contribution < 1.29 is 8.42 Å². The van der Waals surface area contributed by atoms with Crippen molar-refractivity contribution in [1.29, 1.82) is 0 Å². The van der Waals surface area contributed by atoms with Crippen molar-refractivity contribution in [2.45, 2.75) is 37.5 Å². The lowest BCUT2D eigenvalue weighted by Crippen LogP contribution is -2.50. The Morgan fingerprint density at radius 1 is 1.29 bits per heavy atom. The maximum absolute atomic E-state index is 11.7. The molecule has 2 aliphatic rings. The number of rotatable bonds is 3. The van der Waals surface area contributed by atoms with Crippen LogP contribution in [0.4, 0.5) is 0 Å². The van der Waals surface area contributed by atoms with E-state index >= 15 is 0 Å². The monoisotopic (exact) mass is 218 g/mol. The van der Waals surface area contributed by atoms with Crippen molar-refractivity contribution >= 4 is 10.0 Å². The summed E-state index contributed by atoms with van der Waals surface area (Å²) in [7, 11) is -3.01. The van der Waals surface area contributed by atoms with Gasteiger partial charge in [0.2, 0.25) is 10.0 Å². The lowest BCUT2D eigenvalue weighted by molar-refractivity contribution is 0.327. The van der Waals surface area contributed by atoms with Crippen molar-refractivity contribution in [2.24, 2.45) is 5.92 Å². The van der Waals surface area contributed by atoms with Gasteiger partial charge in [0.05, 0.1) is 5.25 Å². The Labute approximate surface area is 85.5 Å². The van der Waals surface area contributed by atoms with E-state index in [0.717, 1.165) is 32.4 Å². The topological polar surface area (TPSA) is 58.2 Å². The van der Waals surface area contributed by atoms with Crippen LogP contribution in [0, 0.1) is 5.92 Å². The maximum atomic E-state index is 11.7. The van der Waals surface area contributed by atoms with Crippen LogP contribution in [0.2, 0.25) is 0 Å². The zero-order chi connectivity index (χ0) is 10.2. The highest BCUT2D eigenvalue weighted by Crippen LogP contribution is 2.28. The Morgan fingerprint density at radius 3 is 2.57 bits per heavy atom. The Morgan fingerprint density at radius 2 is 2.00 bits per heavy atom. The van der Waals surface area contributed by atoms with E-state index in [0.29, 0.717) is 5.92 Å². The first-order valence-electron chi connectivity index (χ1n) is 5.31. The van der Waals surface area contributed by atoms with Gasteiger partial charge in [0, 0.05) is 12.6 Å². The number of hydrogen-bond acceptors (Lipinski definition) is 3. The first kappa shape index (κ1) is 10.4. The van der Waals surface area contributed by atoms with Gasteiger partial charge < -0.3 is 5.32 Å². The van der Waals surface area contributed by atoms with Gasteiger partial charge in [0.1, 0.15) is 0 Å². The van der Waals surface area contributed by atoms with Gasteiger partial charge >= 0.3 is 0 Å². The minimum Gasteiger partial charge on any atom is -0.315 e. The molecule has 82 valence electrons. The third kappa shape index (κ3) is 2.27. The van der Waals surface area contributed by atoms with Gasteiger partial charge in [-0.1, -0.05) is 6.92 Å². The van der Waals surface area contributed by atoms with Crippen LogP contribution in [0.25, 0.3) is 0 Å². The Bertz CT molecular complexity index is 298. The molecule has 2 unspecified atom stereocenters. The molecular formula is C9H18N2O2S. The summed E-state index contributed by atoms with van der Waals surface area (Å²) in [6, 6.07) is 0.0920. The molecule has 0 bridgehead atoms. The number of hydrogen-bond donors (Lipinski definition) is 2. The van der Waals surface area contributed by atoms with E-state index in [2.05, 4.69) is 17.0 Å². The SMILES string of the molecule is CC1CCNCC1NS(=O)(=O)C1CC1. The van der Waals surface area contributed by atoms with E-state index in [1.807, 2.05) is 0 Å². The van der Waals surface area contributed by atoms with Crippen molar-refractivity contribution in [3.8, 4) is 0 Å². The van der Waals surface area contributed by atoms with E-state index in [1.165, 1.54) is 0 Å². The summed E-state index contributed by atoms with van der Waals surface area (Å²) in [6.45, 7) is 3.89. The summed E-state index contributed by atoms with van der Waals surface area (Å²) in [4.78, 5) is 0. The number of nitrogens with one attached hydrogen (secondary N) is 2. The van der Waals surface area contributed by atoms with E-state index in [9.17, 15) is 8.42 Å². The molecule has 0 aromatic heterocycles. The van der Waals surface area contributed by atoms with Crippen molar-refractivity contribution in [2.75, 3.05) is 13.1 Å². The largest absolute Gasteiger partial charge is 0.315 e. The Hall–Kier alpha value is -0.130. The Balaban J connectivity index is 1.95. The van der Waals surface area contributed by atoms with E-state index in [-0.39, 0.29) is 11.3 Å². The standard InChI is InChI=1S/C9H18N2O2S/c1-7-4-5-10-6-9(7)11-14(12,13)8-2-3-8/h7-11H,2-6H2,1H3. The molecule has 0 amide bonds. The van der Waals surface area contributed by atoms with Gasteiger partial charge in [0.15, 0.2) is 0 Å². The third-order valence-electron chi connectivity index (χ3n) is 3.11. The molecule has 5 heteroatoms. The highest BCUT2D eigenvalue weighted by molar-refractivity contribution is 7.90. The third-order valence-corrected chi connectivity index (χ3v) is 5.09. The van der Waals surface area contributed by atoms with Crippen LogP contribution in [0.5, 0.6) is 0 Å². The molecule has 2 N–H and O–H groups in total. The highest BCUT2D eigenvalue weighted by atomic mass is 32.2. The second kappa shape index (κ2) is 3.79. The van der Waals surface area contributed by atoms with Crippen LogP contribution >= 0.6 is 0 Å². The molecule has 1 saturated carbocycles. The Kier molecular flexibility index (Phi) is 2.81. The van der Waals surface area contributed by atoms with Crippen LogP contribution in [0.1, 0.15) is 26.2 Å². The van der Waals surface area contributed by atoms with E-state index < -0.39 is 10.0 Å². The average Bonchev–Trinajstić information content (AvgIpc) is 2.91. The molecule has 1 heterocycles. The zero-order valence-corrected chi connectivity index (χ0v) is 9.31. The fourth-order valence-corrected chi connectivity index (χ4v) is 3.52. The molecule has 1 saturated heterocycles. The minimum atomic E-state index is -3.01. The normalized spacial score (nSPS) is 34.4. The molecule has 0 spiro atoms. The summed E-state index contributed by atoms with van der Waals surface area (Å²) in [5.41, 5.74) is 0. The van der Waals surface area contributed by atoms with Gasteiger partial charge in [-0.25, -0.2) is 13.1 Å². The summed E-state index contributed by atoms with van der Waals surface area (Å²) < 4.78 is 26.2. The molecule has 2 rings (SSSR count). The predicted molar refractivity (Wildman–Crippen MR) is 55.5 cm³/mol. The first-order valence-corrected chi connectivity index (χ1v) is 6.86. The quantitative estimate of drug-likeness (QED) is 0.704. The summed E-state index contributed by atoms with van der Waals surface area (Å²) in [5.74, 6) is 0.449. The van der Waals surface area contributed by atoms with Crippen LogP contribution in [0.3, 0.4) is 0 Å². The van der Waals surface area contributed by atoms with Crippen LogP contribution < -0.4 is 10.0 Å². The second-order valence-corrected chi connectivity index (χ2v) is 6.43. The molecule has 14 heavy (non-hydrogen) atoms. The first-order chi connectivity index (χ1) is 6.59. The molecule has 0 aromatic rings. The van der Waals surface area contributed by atoms with Crippen molar-refractivity contribution in [1.82, 2.24) is 10.0 Å². The molecule has 2 fully saturated rings. The van der Waals surface area contributed by atoms with E-state index in [4.69, 9.17) is 0 Å². The van der Waals surface area contributed by atoms with Crippen LogP contribution in [0.15, 0.2) is 0 Å². The van der Waals surface area contributed by atoms with Gasteiger partial charge in [-0.2, -0.15) is 0 Å². The molecular weight excluding hydrogens is 200 g/mol. The smallest absolute Gasteiger partial charge is 0.214 e.